The fourth-order valence-electron chi connectivity index (χ4n) is 2.61. The van der Waals surface area contributed by atoms with Crippen LogP contribution in [0, 0.1) is 0 Å². The van der Waals surface area contributed by atoms with Crippen LogP contribution in [0.15, 0.2) is 76.5 Å². The molecule has 0 aromatic heterocycles. The zero-order valence-corrected chi connectivity index (χ0v) is 16.9. The molecule has 1 unspecified atom stereocenters. The molecule has 0 aliphatic rings. The summed E-state index contributed by atoms with van der Waals surface area (Å²) in [4.78, 5) is 14.8. The summed E-state index contributed by atoms with van der Waals surface area (Å²) in [6, 6.07) is 21.3. The fraction of sp³-hybridized carbons (Fsp3) is 0.174. The Morgan fingerprint density at radius 3 is 2.39 bits per heavy atom. The van der Waals surface area contributed by atoms with Gasteiger partial charge >= 0.3 is 5.97 Å². The molecule has 0 bridgehead atoms. The molecule has 0 amide bonds. The zero-order valence-electron chi connectivity index (χ0n) is 16.1. The van der Waals surface area contributed by atoms with Gasteiger partial charge in [-0.25, -0.2) is 4.79 Å². The van der Waals surface area contributed by atoms with Crippen molar-refractivity contribution in [3.63, 3.8) is 0 Å². The number of nitrogens with zero attached hydrogens (tertiary/aromatic N) is 1. The SMILES string of the molecule is CC(Oc1ccc2cc(/C=C(\Sc3ccccc3)C(=O)O)ccc2c1)N(C)C. The summed E-state index contributed by atoms with van der Waals surface area (Å²) in [5.74, 6) is -0.127. The Balaban J connectivity index is 1.86. The molecule has 0 aliphatic carbocycles. The second kappa shape index (κ2) is 8.95. The number of benzene rings is 3. The van der Waals surface area contributed by atoms with E-state index in [0.717, 1.165) is 27.0 Å². The highest BCUT2D eigenvalue weighted by molar-refractivity contribution is 8.04. The Labute approximate surface area is 169 Å². The minimum atomic E-state index is -0.935. The van der Waals surface area contributed by atoms with E-state index in [9.17, 15) is 9.90 Å². The number of rotatable bonds is 7. The zero-order chi connectivity index (χ0) is 20.1. The first-order valence-electron chi connectivity index (χ1n) is 8.97. The minimum Gasteiger partial charge on any atom is -0.477 e. The standard InChI is InChI=1S/C23H23NO3S/c1-16(24(2)3)27-20-12-11-18-13-17(9-10-19(18)15-20)14-22(23(25)26)28-21-7-5-4-6-8-21/h4-16H,1-3H3,(H,25,26)/b22-14-. The van der Waals surface area contributed by atoms with Gasteiger partial charge in [0, 0.05) is 4.90 Å². The Bertz CT molecular complexity index is 999. The van der Waals surface area contributed by atoms with Crippen LogP contribution in [0.4, 0.5) is 0 Å². The first-order valence-corrected chi connectivity index (χ1v) is 9.79. The van der Waals surface area contributed by atoms with Crippen LogP contribution < -0.4 is 4.74 Å². The van der Waals surface area contributed by atoms with Crippen molar-refractivity contribution in [2.45, 2.75) is 18.0 Å². The van der Waals surface area contributed by atoms with Crippen molar-refractivity contribution >= 4 is 34.6 Å². The molecular formula is C23H23NO3S. The predicted molar refractivity (Wildman–Crippen MR) is 116 cm³/mol. The van der Waals surface area contributed by atoms with Gasteiger partial charge in [-0.1, -0.05) is 48.2 Å². The number of thioether (sulfide) groups is 1. The van der Waals surface area contributed by atoms with Crippen molar-refractivity contribution in [2.75, 3.05) is 14.1 Å². The normalized spacial score (nSPS) is 12.9. The molecule has 0 radical (unpaired) electrons. The molecule has 0 aliphatic heterocycles. The number of carbonyl (C=O) groups is 1. The second-order valence-corrected chi connectivity index (χ2v) is 7.79. The van der Waals surface area contributed by atoms with Gasteiger partial charge in [0.05, 0.1) is 4.91 Å². The van der Waals surface area contributed by atoms with Gasteiger partial charge in [-0.2, -0.15) is 0 Å². The van der Waals surface area contributed by atoms with Gasteiger partial charge < -0.3 is 9.84 Å². The van der Waals surface area contributed by atoms with E-state index in [-0.39, 0.29) is 11.1 Å². The first-order chi connectivity index (χ1) is 13.4. The molecule has 0 spiro atoms. The molecule has 3 aromatic rings. The van der Waals surface area contributed by atoms with Crippen LogP contribution in [-0.4, -0.2) is 36.3 Å². The Kier molecular flexibility index (Phi) is 6.39. The molecule has 28 heavy (non-hydrogen) atoms. The van der Waals surface area contributed by atoms with Gasteiger partial charge in [0.25, 0.3) is 0 Å². The molecule has 5 heteroatoms. The largest absolute Gasteiger partial charge is 0.477 e. The van der Waals surface area contributed by atoms with Gasteiger partial charge in [0.15, 0.2) is 0 Å². The third-order valence-electron chi connectivity index (χ3n) is 4.35. The summed E-state index contributed by atoms with van der Waals surface area (Å²) in [7, 11) is 3.94. The van der Waals surface area contributed by atoms with E-state index in [1.165, 1.54) is 11.8 Å². The lowest BCUT2D eigenvalue weighted by Gasteiger charge is -2.21. The van der Waals surface area contributed by atoms with E-state index in [1.54, 1.807) is 6.08 Å². The summed E-state index contributed by atoms with van der Waals surface area (Å²) < 4.78 is 5.91. The molecule has 0 fully saturated rings. The lowest BCUT2D eigenvalue weighted by atomic mass is 10.1. The highest BCUT2D eigenvalue weighted by Gasteiger charge is 2.10. The van der Waals surface area contributed by atoms with Crippen LogP contribution in [0.1, 0.15) is 12.5 Å². The molecule has 4 nitrogen and oxygen atoms in total. The summed E-state index contributed by atoms with van der Waals surface area (Å²) in [5.41, 5.74) is 0.851. The Hall–Kier alpha value is -2.76. The van der Waals surface area contributed by atoms with Gasteiger partial charge in [0.2, 0.25) is 0 Å². The van der Waals surface area contributed by atoms with E-state index in [1.807, 2.05) is 92.6 Å². The number of carboxylic acid groups (broad SMARTS) is 1. The van der Waals surface area contributed by atoms with Gasteiger partial charge in [0.1, 0.15) is 12.0 Å². The van der Waals surface area contributed by atoms with Crippen LogP contribution in [0.25, 0.3) is 16.8 Å². The average Bonchev–Trinajstić information content (AvgIpc) is 2.68. The summed E-state index contributed by atoms with van der Waals surface area (Å²) >= 11 is 1.25. The minimum absolute atomic E-state index is 0.0206. The van der Waals surface area contributed by atoms with Crippen LogP contribution in [0.3, 0.4) is 0 Å². The van der Waals surface area contributed by atoms with E-state index in [2.05, 4.69) is 0 Å². The lowest BCUT2D eigenvalue weighted by Crippen LogP contribution is -2.30. The number of carboxylic acids is 1. The molecule has 1 atom stereocenters. The van der Waals surface area contributed by atoms with Gasteiger partial charge in [-0.05, 0) is 73.8 Å². The molecular weight excluding hydrogens is 370 g/mol. The number of hydrogen-bond donors (Lipinski definition) is 1. The van der Waals surface area contributed by atoms with Gasteiger partial charge in [-0.3, -0.25) is 4.90 Å². The maximum atomic E-state index is 11.7. The molecule has 0 saturated heterocycles. The van der Waals surface area contributed by atoms with Gasteiger partial charge in [-0.15, -0.1) is 0 Å². The molecule has 3 aromatic carbocycles. The Morgan fingerprint density at radius 2 is 1.71 bits per heavy atom. The second-order valence-electron chi connectivity index (χ2n) is 6.68. The first kappa shape index (κ1) is 20.0. The highest BCUT2D eigenvalue weighted by atomic mass is 32.2. The van der Waals surface area contributed by atoms with Crippen LogP contribution >= 0.6 is 11.8 Å². The Morgan fingerprint density at radius 1 is 1.04 bits per heavy atom. The third kappa shape index (κ3) is 5.15. The number of ether oxygens (including phenoxy) is 1. The molecule has 0 saturated carbocycles. The maximum absolute atomic E-state index is 11.7. The van der Waals surface area contributed by atoms with E-state index < -0.39 is 5.97 Å². The monoisotopic (exact) mass is 393 g/mol. The molecule has 144 valence electrons. The summed E-state index contributed by atoms with van der Waals surface area (Å²) in [6.45, 7) is 2.00. The maximum Gasteiger partial charge on any atom is 0.342 e. The van der Waals surface area contributed by atoms with Crippen LogP contribution in [-0.2, 0) is 4.79 Å². The van der Waals surface area contributed by atoms with Crippen molar-refractivity contribution in [3.8, 4) is 5.75 Å². The number of fused-ring (bicyclic) bond motifs is 1. The third-order valence-corrected chi connectivity index (χ3v) is 5.37. The van der Waals surface area contributed by atoms with E-state index in [4.69, 9.17) is 4.74 Å². The predicted octanol–water partition coefficient (Wildman–Crippen LogP) is 5.34. The van der Waals surface area contributed by atoms with Crippen LogP contribution in [0.5, 0.6) is 5.75 Å². The highest BCUT2D eigenvalue weighted by Crippen LogP contribution is 2.29. The smallest absolute Gasteiger partial charge is 0.342 e. The average molecular weight is 394 g/mol. The summed E-state index contributed by atoms with van der Waals surface area (Å²) in [6.07, 6.45) is 1.69. The fourth-order valence-corrected chi connectivity index (χ4v) is 3.44. The van der Waals surface area contributed by atoms with Crippen molar-refractivity contribution in [3.05, 3.63) is 77.2 Å². The van der Waals surface area contributed by atoms with Crippen molar-refractivity contribution < 1.29 is 14.6 Å². The molecule has 1 N–H and O–H groups in total. The van der Waals surface area contributed by atoms with E-state index >= 15 is 0 Å². The van der Waals surface area contributed by atoms with Crippen molar-refractivity contribution in [1.29, 1.82) is 0 Å². The number of hydrogen-bond acceptors (Lipinski definition) is 4. The van der Waals surface area contributed by atoms with E-state index in [0.29, 0.717) is 0 Å². The topological polar surface area (TPSA) is 49.8 Å². The van der Waals surface area contributed by atoms with Crippen molar-refractivity contribution in [1.82, 2.24) is 4.90 Å². The molecule has 0 heterocycles. The number of aliphatic carboxylic acids is 1. The molecule has 3 rings (SSSR count). The van der Waals surface area contributed by atoms with Crippen molar-refractivity contribution in [2.24, 2.45) is 0 Å². The lowest BCUT2D eigenvalue weighted by molar-refractivity contribution is -0.131. The van der Waals surface area contributed by atoms with Crippen LogP contribution in [0.2, 0.25) is 0 Å². The summed E-state index contributed by atoms with van der Waals surface area (Å²) in [5, 5.41) is 11.6. The quantitative estimate of drug-likeness (QED) is 0.333.